The van der Waals surface area contributed by atoms with E-state index in [1.165, 1.54) is 0 Å². The van der Waals surface area contributed by atoms with Gasteiger partial charge in [0.05, 0.1) is 11.4 Å². The second-order valence-corrected chi connectivity index (χ2v) is 6.85. The lowest BCUT2D eigenvalue weighted by atomic mass is 10.3. The first-order valence-corrected chi connectivity index (χ1v) is 8.64. The molecule has 1 amide bonds. The minimum atomic E-state index is -1.30. The zero-order valence-corrected chi connectivity index (χ0v) is 12.5. The zero-order valence-electron chi connectivity index (χ0n) is 10.9. The lowest BCUT2D eigenvalue weighted by molar-refractivity contribution is -0.117. The van der Waals surface area contributed by atoms with Crippen molar-refractivity contribution in [3.8, 4) is 0 Å². The van der Waals surface area contributed by atoms with Crippen molar-refractivity contribution in [2.24, 2.45) is 4.99 Å². The first-order chi connectivity index (χ1) is 9.74. The van der Waals surface area contributed by atoms with Gasteiger partial charge in [-0.05, 0) is 30.7 Å². The highest BCUT2D eigenvalue weighted by molar-refractivity contribution is 8.15. The molecule has 2 aliphatic rings. The molecule has 1 unspecified atom stereocenters. The minimum Gasteiger partial charge on any atom is -0.312 e. The van der Waals surface area contributed by atoms with E-state index in [0.29, 0.717) is 11.3 Å². The van der Waals surface area contributed by atoms with E-state index in [9.17, 15) is 9.00 Å². The van der Waals surface area contributed by atoms with E-state index >= 15 is 0 Å². The van der Waals surface area contributed by atoms with Crippen LogP contribution in [0, 0.1) is 0 Å². The molecule has 1 fully saturated rings. The average molecular weight is 309 g/mol. The average Bonchev–Trinajstić information content (AvgIpc) is 3.10. The van der Waals surface area contributed by atoms with Gasteiger partial charge in [0.1, 0.15) is 0 Å². The molecule has 0 bridgehead atoms. The maximum atomic E-state index is 12.1. The molecule has 3 rings (SSSR count). The third kappa shape index (κ3) is 2.88. The highest BCUT2D eigenvalue weighted by atomic mass is 32.2. The normalized spacial score (nSPS) is 20.1. The van der Waals surface area contributed by atoms with Crippen LogP contribution in [0.15, 0.2) is 34.2 Å². The highest BCUT2D eigenvalue weighted by Gasteiger charge is 2.21. The largest absolute Gasteiger partial charge is 0.312 e. The van der Waals surface area contributed by atoms with Crippen LogP contribution in [-0.2, 0) is 15.8 Å². The van der Waals surface area contributed by atoms with Crippen molar-refractivity contribution >= 4 is 39.5 Å². The molecule has 0 spiro atoms. The molecule has 0 aromatic heterocycles. The van der Waals surface area contributed by atoms with Gasteiger partial charge in [-0.25, -0.2) is 4.21 Å². The van der Waals surface area contributed by atoms with E-state index < -0.39 is 11.0 Å². The lowest BCUT2D eigenvalue weighted by Gasteiger charge is -2.15. The molecule has 1 saturated heterocycles. The van der Waals surface area contributed by atoms with Gasteiger partial charge in [-0.3, -0.25) is 14.5 Å². The number of aliphatic imine (C=N–C) groups is 1. The predicted molar refractivity (Wildman–Crippen MR) is 82.3 cm³/mol. The minimum absolute atomic E-state index is 0.161. The van der Waals surface area contributed by atoms with E-state index in [2.05, 4.69) is 9.71 Å². The zero-order chi connectivity index (χ0) is 13.9. The Labute approximate surface area is 124 Å². The molecule has 2 heterocycles. The van der Waals surface area contributed by atoms with Gasteiger partial charge < -0.3 is 4.90 Å². The van der Waals surface area contributed by atoms with Crippen molar-refractivity contribution in [1.82, 2.24) is 4.72 Å². The first-order valence-electron chi connectivity index (χ1n) is 6.50. The van der Waals surface area contributed by atoms with Crippen LogP contribution in [0.1, 0.15) is 12.8 Å². The van der Waals surface area contributed by atoms with E-state index in [1.807, 2.05) is 12.1 Å². The van der Waals surface area contributed by atoms with Gasteiger partial charge in [-0.2, -0.15) is 0 Å². The maximum Gasteiger partial charge on any atom is 0.227 e. The van der Waals surface area contributed by atoms with E-state index in [-0.39, 0.29) is 5.91 Å². The topological polar surface area (TPSA) is 61.8 Å². The van der Waals surface area contributed by atoms with E-state index in [1.54, 1.807) is 28.8 Å². The van der Waals surface area contributed by atoms with Crippen molar-refractivity contribution < 1.29 is 9.00 Å². The maximum absolute atomic E-state index is 12.1. The molecule has 0 saturated carbocycles. The molecule has 7 heteroatoms. The number of thioether (sulfide) groups is 1. The molecule has 1 N–H and O–H groups in total. The summed E-state index contributed by atoms with van der Waals surface area (Å²) in [7, 11) is -1.30. The number of anilines is 1. The summed E-state index contributed by atoms with van der Waals surface area (Å²) in [6, 6.07) is 7.29. The van der Waals surface area contributed by atoms with Gasteiger partial charge in [0.15, 0.2) is 16.2 Å². The molecular weight excluding hydrogens is 294 g/mol. The summed E-state index contributed by atoms with van der Waals surface area (Å²) in [5.41, 5.74) is 0.876. The van der Waals surface area contributed by atoms with Gasteiger partial charge in [0.25, 0.3) is 0 Å². The van der Waals surface area contributed by atoms with Crippen LogP contribution in [0.3, 0.4) is 0 Å². The fourth-order valence-corrected chi connectivity index (χ4v) is 3.95. The molecule has 0 aliphatic carbocycles. The third-order valence-corrected chi connectivity index (χ3v) is 5.30. The molecule has 2 aliphatic heterocycles. The number of hydrogen-bond acceptors (Lipinski definition) is 4. The molecule has 106 valence electrons. The number of carbonyl (C=O) groups excluding carboxylic acids is 1. The number of carbonyl (C=O) groups is 1. The van der Waals surface area contributed by atoms with Crippen molar-refractivity contribution in [2.45, 2.75) is 17.7 Å². The van der Waals surface area contributed by atoms with Crippen molar-refractivity contribution in [3.05, 3.63) is 24.3 Å². The monoisotopic (exact) mass is 309 g/mol. The van der Waals surface area contributed by atoms with Crippen LogP contribution < -0.4 is 9.62 Å². The molecule has 0 radical (unpaired) electrons. The van der Waals surface area contributed by atoms with Crippen molar-refractivity contribution in [1.29, 1.82) is 0 Å². The highest BCUT2D eigenvalue weighted by Crippen LogP contribution is 2.22. The summed E-state index contributed by atoms with van der Waals surface area (Å²) in [6.45, 7) is 1.55. The number of rotatable bonds is 3. The molecule has 5 nitrogen and oxygen atoms in total. The standard InChI is InChI=1S/C13H15N3O2S2/c17-12-2-1-8-16(12)10-3-5-11(6-4-10)20(18)15-13-14-7-9-19-13/h3-6H,1-2,7-9H2,(H,14,15). The van der Waals surface area contributed by atoms with Gasteiger partial charge in [-0.1, -0.05) is 11.8 Å². The summed E-state index contributed by atoms with van der Waals surface area (Å²) in [5.74, 6) is 1.10. The Morgan fingerprint density at radius 2 is 2.10 bits per heavy atom. The molecule has 1 aromatic carbocycles. The summed E-state index contributed by atoms with van der Waals surface area (Å²) >= 11 is 1.58. The fraction of sp³-hybridized carbons (Fsp3) is 0.385. The van der Waals surface area contributed by atoms with Crippen LogP contribution in [0.2, 0.25) is 0 Å². The van der Waals surface area contributed by atoms with Gasteiger partial charge in [0.2, 0.25) is 5.91 Å². The first kappa shape index (κ1) is 13.6. The Balaban J connectivity index is 1.69. The Hall–Kier alpha value is -1.34. The Bertz CT molecular complexity index is 571. The van der Waals surface area contributed by atoms with Gasteiger partial charge in [-0.15, -0.1) is 0 Å². The Morgan fingerprint density at radius 3 is 2.70 bits per heavy atom. The van der Waals surface area contributed by atoms with Crippen LogP contribution in [0.4, 0.5) is 5.69 Å². The lowest BCUT2D eigenvalue weighted by Crippen LogP contribution is -2.24. The molecule has 1 atom stereocenters. The summed E-state index contributed by atoms with van der Waals surface area (Å²) in [5, 5.41) is 0.738. The third-order valence-electron chi connectivity index (χ3n) is 3.20. The van der Waals surface area contributed by atoms with Crippen LogP contribution in [0.5, 0.6) is 0 Å². The van der Waals surface area contributed by atoms with Crippen LogP contribution in [0.25, 0.3) is 0 Å². The molecule has 20 heavy (non-hydrogen) atoms. The number of benzene rings is 1. The predicted octanol–water partition coefficient (Wildman–Crippen LogP) is 1.53. The Morgan fingerprint density at radius 1 is 1.30 bits per heavy atom. The quantitative estimate of drug-likeness (QED) is 0.921. The number of amides is 1. The van der Waals surface area contributed by atoms with E-state index in [4.69, 9.17) is 0 Å². The Kier molecular flexibility index (Phi) is 4.07. The van der Waals surface area contributed by atoms with Gasteiger partial charge in [0, 0.05) is 24.4 Å². The number of nitrogens with zero attached hydrogens (tertiary/aromatic N) is 2. The second-order valence-electron chi connectivity index (χ2n) is 4.55. The smallest absolute Gasteiger partial charge is 0.227 e. The number of amidine groups is 1. The molecular formula is C13H15N3O2S2. The van der Waals surface area contributed by atoms with Crippen LogP contribution in [-0.4, -0.2) is 34.1 Å². The van der Waals surface area contributed by atoms with E-state index in [0.717, 1.165) is 36.1 Å². The van der Waals surface area contributed by atoms with Crippen molar-refractivity contribution in [3.63, 3.8) is 0 Å². The fourth-order valence-electron chi connectivity index (χ4n) is 2.21. The SMILES string of the molecule is O=C1CCCN1c1ccc(S(=O)NC2=NCCS2)cc1. The number of hydrogen-bond donors (Lipinski definition) is 1. The second kappa shape index (κ2) is 5.97. The van der Waals surface area contributed by atoms with Crippen molar-refractivity contribution in [2.75, 3.05) is 23.7 Å². The number of nitrogens with one attached hydrogen (secondary N) is 1. The van der Waals surface area contributed by atoms with Crippen LogP contribution >= 0.6 is 11.8 Å². The molecule has 1 aromatic rings. The summed E-state index contributed by atoms with van der Waals surface area (Å²) in [6.07, 6.45) is 1.53. The summed E-state index contributed by atoms with van der Waals surface area (Å²) < 4.78 is 15.0. The van der Waals surface area contributed by atoms with Gasteiger partial charge >= 0.3 is 0 Å². The summed E-state index contributed by atoms with van der Waals surface area (Å²) in [4.78, 5) is 18.3.